The first kappa shape index (κ1) is 32.8. The van der Waals surface area contributed by atoms with Gasteiger partial charge in [-0.15, -0.1) is 0 Å². The number of hydrogen-bond acceptors (Lipinski definition) is 8. The number of likely N-dealkylation sites (tertiary alicyclic amines) is 1. The largest absolute Gasteiger partial charge is 0.444 e. The molecule has 2 atom stereocenters. The first-order valence-electron chi connectivity index (χ1n) is 15.5. The molecule has 1 aromatic carbocycles. The van der Waals surface area contributed by atoms with Crippen molar-refractivity contribution in [2.75, 3.05) is 24.5 Å². The molecule has 254 valence electrons. The Balaban J connectivity index is 1.48. The van der Waals surface area contributed by atoms with Crippen molar-refractivity contribution < 1.29 is 37.4 Å². The van der Waals surface area contributed by atoms with Crippen LogP contribution in [0, 0.1) is 5.82 Å². The number of anilines is 1. The quantitative estimate of drug-likeness (QED) is 0.458. The van der Waals surface area contributed by atoms with E-state index in [0.29, 0.717) is 0 Å². The summed E-state index contributed by atoms with van der Waals surface area (Å²) in [7, 11) is 0. The summed E-state index contributed by atoms with van der Waals surface area (Å²) in [4.78, 5) is 72.6. The second-order valence-electron chi connectivity index (χ2n) is 14.1. The molecule has 1 aliphatic carbocycles. The smallest absolute Gasteiger partial charge is 0.415 e. The molecule has 4 aliphatic rings. The number of nitrogens with one attached hydrogen (secondary N) is 1. The number of benzene rings is 1. The summed E-state index contributed by atoms with van der Waals surface area (Å²) >= 11 is 0. The van der Waals surface area contributed by atoms with Crippen molar-refractivity contribution in [1.29, 1.82) is 0 Å². The zero-order valence-corrected chi connectivity index (χ0v) is 27.4. The summed E-state index contributed by atoms with van der Waals surface area (Å²) in [6, 6.07) is -1.86. The van der Waals surface area contributed by atoms with E-state index in [1.807, 2.05) is 0 Å². The van der Waals surface area contributed by atoms with Crippen molar-refractivity contribution >= 4 is 40.6 Å². The third-order valence-electron chi connectivity index (χ3n) is 8.25. The van der Waals surface area contributed by atoms with Crippen molar-refractivity contribution in [3.8, 4) is 0 Å². The number of hydrogen-bond donors (Lipinski definition) is 1. The van der Waals surface area contributed by atoms with Crippen LogP contribution >= 0.6 is 0 Å². The van der Waals surface area contributed by atoms with E-state index in [1.165, 1.54) is 28.0 Å². The van der Waals surface area contributed by atoms with Gasteiger partial charge in [0, 0.05) is 24.9 Å². The Morgan fingerprint density at radius 3 is 2.27 bits per heavy atom. The number of aromatic nitrogens is 2. The normalized spacial score (nSPS) is 21.7. The number of imide groups is 1. The minimum Gasteiger partial charge on any atom is -0.444 e. The van der Waals surface area contributed by atoms with Gasteiger partial charge in [-0.05, 0) is 65.3 Å². The predicted molar refractivity (Wildman–Crippen MR) is 169 cm³/mol. The summed E-state index contributed by atoms with van der Waals surface area (Å²) in [5, 5.41) is 6.51. The Hall–Kier alpha value is -5.08. The van der Waals surface area contributed by atoms with Crippen LogP contribution in [0.1, 0.15) is 59.7 Å². The standard InChI is InChI=1S/C33H36F2N6O7/c1-32(2,3)47-30(45)38-14-20(15-38)39-16-23(42)41(29(39)44)27-25-24-21(28(43)37-36-25)12-19(35)13-22(24)40(31(46)48-33(4,5)6)26(27)17-8-7-9-18(34)11-10-17/h7-8,10-13,20,26-27H,9,14-16H2,1-6H3,(H,37,43). The molecule has 2 saturated heterocycles. The summed E-state index contributed by atoms with van der Waals surface area (Å²) in [6.45, 7) is 10.0. The maximum absolute atomic E-state index is 15.2. The maximum atomic E-state index is 15.2. The first-order valence-corrected chi connectivity index (χ1v) is 15.5. The summed E-state index contributed by atoms with van der Waals surface area (Å²) in [6.07, 6.45) is 4.13. The molecule has 3 aliphatic heterocycles. The van der Waals surface area contributed by atoms with Crippen LogP contribution < -0.4 is 10.5 Å². The monoisotopic (exact) mass is 666 g/mol. The highest BCUT2D eigenvalue weighted by Crippen LogP contribution is 2.47. The van der Waals surface area contributed by atoms with Crippen molar-refractivity contribution in [1.82, 2.24) is 24.9 Å². The van der Waals surface area contributed by atoms with Crippen LogP contribution in [-0.2, 0) is 14.3 Å². The van der Waals surface area contributed by atoms with Crippen molar-refractivity contribution in [3.63, 3.8) is 0 Å². The highest BCUT2D eigenvalue weighted by atomic mass is 19.1. The van der Waals surface area contributed by atoms with Gasteiger partial charge in [-0.2, -0.15) is 5.10 Å². The topological polar surface area (TPSA) is 145 Å². The van der Waals surface area contributed by atoms with E-state index < -0.39 is 70.7 Å². The second-order valence-corrected chi connectivity index (χ2v) is 14.1. The molecule has 0 bridgehead atoms. The Labute approximate surface area is 274 Å². The molecule has 0 spiro atoms. The van der Waals surface area contributed by atoms with Crippen LogP contribution in [-0.4, -0.2) is 91.9 Å². The number of H-pyrrole nitrogens is 1. The molecule has 2 unspecified atom stereocenters. The van der Waals surface area contributed by atoms with E-state index in [2.05, 4.69) is 10.2 Å². The van der Waals surface area contributed by atoms with E-state index in [-0.39, 0.29) is 53.8 Å². The van der Waals surface area contributed by atoms with Gasteiger partial charge in [0.15, 0.2) is 0 Å². The molecule has 48 heavy (non-hydrogen) atoms. The van der Waals surface area contributed by atoms with E-state index in [0.717, 1.165) is 21.9 Å². The zero-order chi connectivity index (χ0) is 34.9. The number of allylic oxidation sites excluding steroid dienone is 4. The molecule has 1 aromatic heterocycles. The SMILES string of the molecule is CC(C)(C)OC(=O)N1CC(N2CC(=O)N(C3c4n[nH]c(=O)c5cc(F)cc(c45)N(C(=O)OC(C)(C)C)C3C3=CC=C(F)CC=C3)C2=O)C1. The maximum Gasteiger partial charge on any atom is 0.415 e. The molecule has 15 heteroatoms. The van der Waals surface area contributed by atoms with Gasteiger partial charge in [0.1, 0.15) is 35.4 Å². The lowest BCUT2D eigenvalue weighted by Gasteiger charge is -2.45. The number of nitrogens with zero attached hydrogens (tertiary/aromatic N) is 5. The summed E-state index contributed by atoms with van der Waals surface area (Å²) in [5.41, 5.74) is -2.27. The molecule has 6 rings (SSSR count). The van der Waals surface area contributed by atoms with Crippen molar-refractivity contribution in [2.45, 2.75) is 77.3 Å². The summed E-state index contributed by atoms with van der Waals surface area (Å²) in [5.74, 6) is -1.95. The molecule has 2 aromatic rings. The van der Waals surface area contributed by atoms with Gasteiger partial charge in [0.2, 0.25) is 0 Å². The molecular weight excluding hydrogens is 630 g/mol. The highest BCUT2D eigenvalue weighted by Gasteiger charge is 2.54. The molecule has 4 heterocycles. The van der Waals surface area contributed by atoms with Crippen LogP contribution in [0.25, 0.3) is 10.8 Å². The molecule has 0 saturated carbocycles. The number of ether oxygens (including phenoxy) is 2. The third-order valence-corrected chi connectivity index (χ3v) is 8.25. The van der Waals surface area contributed by atoms with Crippen LogP contribution in [0.2, 0.25) is 0 Å². The number of amides is 5. The first-order chi connectivity index (χ1) is 22.4. The number of aromatic amines is 1. The van der Waals surface area contributed by atoms with Crippen LogP contribution in [0.3, 0.4) is 0 Å². The molecule has 5 amide bonds. The Morgan fingerprint density at radius 1 is 0.938 bits per heavy atom. The van der Waals surface area contributed by atoms with Crippen molar-refractivity contribution in [3.05, 3.63) is 69.7 Å². The van der Waals surface area contributed by atoms with Gasteiger partial charge in [-0.1, -0.05) is 18.2 Å². The summed E-state index contributed by atoms with van der Waals surface area (Å²) < 4.78 is 40.8. The molecule has 0 radical (unpaired) electrons. The Bertz CT molecular complexity index is 1880. The molecular formula is C33H36F2N6O7. The Morgan fingerprint density at radius 2 is 1.60 bits per heavy atom. The molecule has 13 nitrogen and oxygen atoms in total. The van der Waals surface area contributed by atoms with E-state index in [1.54, 1.807) is 47.6 Å². The van der Waals surface area contributed by atoms with Crippen LogP contribution in [0.15, 0.2) is 52.6 Å². The predicted octanol–water partition coefficient (Wildman–Crippen LogP) is 4.85. The highest BCUT2D eigenvalue weighted by molar-refractivity contribution is 6.08. The van der Waals surface area contributed by atoms with Crippen molar-refractivity contribution in [2.24, 2.45) is 0 Å². The average molecular weight is 667 g/mol. The fourth-order valence-electron chi connectivity index (χ4n) is 6.27. The van der Waals surface area contributed by atoms with Gasteiger partial charge in [-0.25, -0.2) is 28.3 Å². The third kappa shape index (κ3) is 5.92. The number of carbonyl (C=O) groups is 4. The minimum absolute atomic E-state index is 0.0277. The van der Waals surface area contributed by atoms with Gasteiger partial charge >= 0.3 is 18.2 Å². The molecule has 2 fully saturated rings. The van der Waals surface area contributed by atoms with Gasteiger partial charge in [-0.3, -0.25) is 19.4 Å². The number of halogens is 2. The average Bonchev–Trinajstić information content (AvgIpc) is 3.07. The fraction of sp³-hybridized carbons (Fsp3) is 0.455. The van der Waals surface area contributed by atoms with E-state index in [9.17, 15) is 28.4 Å². The minimum atomic E-state index is -1.37. The lowest BCUT2D eigenvalue weighted by Crippen LogP contribution is -2.62. The van der Waals surface area contributed by atoms with E-state index in [4.69, 9.17) is 9.47 Å². The van der Waals surface area contributed by atoms with Gasteiger partial charge in [0.25, 0.3) is 11.5 Å². The van der Waals surface area contributed by atoms with Gasteiger partial charge in [0.05, 0.1) is 28.9 Å². The zero-order valence-electron chi connectivity index (χ0n) is 27.4. The Kier molecular flexibility index (Phi) is 7.91. The van der Waals surface area contributed by atoms with Crippen LogP contribution in [0.5, 0.6) is 0 Å². The lowest BCUT2D eigenvalue weighted by atomic mass is 9.86. The second kappa shape index (κ2) is 11.6. The lowest BCUT2D eigenvalue weighted by molar-refractivity contribution is -0.127. The van der Waals surface area contributed by atoms with E-state index >= 15 is 4.39 Å². The fourth-order valence-corrected chi connectivity index (χ4v) is 6.27. The van der Waals surface area contributed by atoms with Gasteiger partial charge < -0.3 is 19.3 Å². The van der Waals surface area contributed by atoms with Crippen LogP contribution in [0.4, 0.5) is 28.9 Å². The molecule has 1 N–H and O–H groups in total. The number of urea groups is 1. The number of carbonyl (C=O) groups excluding carboxylic acids is 4. The number of rotatable bonds is 3.